The number of benzene rings is 3. The van der Waals surface area contributed by atoms with Crippen LogP contribution in [0.25, 0.3) is 11.3 Å². The standard InChI is InChI=1S/C25H19Cl2N3OS/c1-31-21-12-6-18(7-13-21)24-14-22(16-2-8-19(26)9-3-16)29-30(24)25-28-23(15-32-25)17-4-10-20(27)11-5-17/h2-13,15,24H,14H2,1H3. The number of hydrazone groups is 1. The predicted octanol–water partition coefficient (Wildman–Crippen LogP) is 7.48. The van der Waals surface area contributed by atoms with E-state index < -0.39 is 0 Å². The summed E-state index contributed by atoms with van der Waals surface area (Å²) in [5, 5.41) is 11.3. The van der Waals surface area contributed by atoms with Crippen molar-refractivity contribution in [3.8, 4) is 17.0 Å². The zero-order valence-corrected chi connectivity index (χ0v) is 19.5. The van der Waals surface area contributed by atoms with E-state index in [1.807, 2.05) is 65.7 Å². The smallest absolute Gasteiger partial charge is 0.207 e. The van der Waals surface area contributed by atoms with Gasteiger partial charge in [0.25, 0.3) is 0 Å². The van der Waals surface area contributed by atoms with E-state index in [1.54, 1.807) is 18.4 Å². The van der Waals surface area contributed by atoms with Crippen LogP contribution in [0.1, 0.15) is 23.6 Å². The lowest BCUT2D eigenvalue weighted by Crippen LogP contribution is -2.18. The minimum Gasteiger partial charge on any atom is -0.497 e. The molecule has 2 heterocycles. The van der Waals surface area contributed by atoms with Gasteiger partial charge in [0.2, 0.25) is 5.13 Å². The fourth-order valence-corrected chi connectivity index (χ4v) is 4.80. The minimum absolute atomic E-state index is 0.0378. The van der Waals surface area contributed by atoms with Gasteiger partial charge in [0.05, 0.1) is 24.6 Å². The molecule has 160 valence electrons. The van der Waals surface area contributed by atoms with Crippen LogP contribution in [0.2, 0.25) is 10.0 Å². The molecule has 1 unspecified atom stereocenters. The molecule has 7 heteroatoms. The van der Waals surface area contributed by atoms with Gasteiger partial charge in [-0.05, 0) is 47.5 Å². The van der Waals surface area contributed by atoms with Crippen molar-refractivity contribution >= 4 is 45.4 Å². The van der Waals surface area contributed by atoms with Gasteiger partial charge in [-0.1, -0.05) is 59.6 Å². The Bertz CT molecular complexity index is 1250. The highest BCUT2D eigenvalue weighted by molar-refractivity contribution is 7.14. The van der Waals surface area contributed by atoms with Gasteiger partial charge in [-0.25, -0.2) is 9.99 Å². The van der Waals surface area contributed by atoms with Crippen LogP contribution in [-0.2, 0) is 0 Å². The van der Waals surface area contributed by atoms with Crippen LogP contribution in [0.4, 0.5) is 5.13 Å². The molecule has 0 N–H and O–H groups in total. The van der Waals surface area contributed by atoms with Crippen molar-refractivity contribution in [3.05, 3.63) is 99.3 Å². The van der Waals surface area contributed by atoms with E-state index in [0.717, 1.165) is 45.4 Å². The van der Waals surface area contributed by atoms with Crippen molar-refractivity contribution in [2.45, 2.75) is 12.5 Å². The number of hydrogen-bond donors (Lipinski definition) is 0. The third kappa shape index (κ3) is 4.24. The van der Waals surface area contributed by atoms with Gasteiger partial charge in [0.1, 0.15) is 5.75 Å². The van der Waals surface area contributed by atoms with E-state index in [1.165, 1.54) is 0 Å². The average Bonchev–Trinajstić information content (AvgIpc) is 3.48. The third-order valence-electron chi connectivity index (χ3n) is 5.42. The first-order chi connectivity index (χ1) is 15.6. The molecule has 0 aliphatic carbocycles. The lowest BCUT2D eigenvalue weighted by Gasteiger charge is -2.21. The van der Waals surface area contributed by atoms with Gasteiger partial charge in [-0.2, -0.15) is 5.10 Å². The lowest BCUT2D eigenvalue weighted by molar-refractivity contribution is 0.414. The molecule has 1 aliphatic heterocycles. The molecule has 0 radical (unpaired) electrons. The molecule has 1 aliphatic rings. The topological polar surface area (TPSA) is 37.7 Å². The number of thiazole rings is 1. The van der Waals surface area contributed by atoms with Gasteiger partial charge < -0.3 is 4.74 Å². The van der Waals surface area contributed by atoms with E-state index in [4.69, 9.17) is 38.0 Å². The van der Waals surface area contributed by atoms with Crippen LogP contribution in [0, 0.1) is 0 Å². The summed E-state index contributed by atoms with van der Waals surface area (Å²) in [5.41, 5.74) is 5.15. The van der Waals surface area contributed by atoms with E-state index >= 15 is 0 Å². The maximum atomic E-state index is 6.09. The molecule has 0 spiro atoms. The highest BCUT2D eigenvalue weighted by Gasteiger charge is 2.31. The number of halogens is 2. The van der Waals surface area contributed by atoms with Crippen molar-refractivity contribution in [1.82, 2.24) is 4.98 Å². The quantitative estimate of drug-likeness (QED) is 0.297. The van der Waals surface area contributed by atoms with Gasteiger partial charge in [-0.15, -0.1) is 11.3 Å². The number of ether oxygens (including phenoxy) is 1. The largest absolute Gasteiger partial charge is 0.497 e. The summed E-state index contributed by atoms with van der Waals surface area (Å²) in [4.78, 5) is 4.89. The molecule has 0 fully saturated rings. The maximum Gasteiger partial charge on any atom is 0.207 e. The summed E-state index contributed by atoms with van der Waals surface area (Å²) in [6.07, 6.45) is 0.768. The van der Waals surface area contributed by atoms with E-state index in [0.29, 0.717) is 10.0 Å². The Morgan fingerprint density at radius 1 is 0.875 bits per heavy atom. The van der Waals surface area contributed by atoms with E-state index in [-0.39, 0.29) is 6.04 Å². The number of hydrogen-bond acceptors (Lipinski definition) is 5. The highest BCUT2D eigenvalue weighted by atomic mass is 35.5. The molecule has 4 nitrogen and oxygen atoms in total. The number of methoxy groups -OCH3 is 1. The molecule has 1 atom stereocenters. The van der Waals surface area contributed by atoms with Gasteiger partial charge in [0.15, 0.2) is 0 Å². The van der Waals surface area contributed by atoms with Crippen molar-refractivity contribution < 1.29 is 4.74 Å². The second-order valence-corrected chi connectivity index (χ2v) is 9.12. The zero-order valence-electron chi connectivity index (χ0n) is 17.2. The number of nitrogens with zero attached hydrogens (tertiary/aromatic N) is 3. The summed E-state index contributed by atoms with van der Waals surface area (Å²) in [5.74, 6) is 0.830. The number of aromatic nitrogens is 1. The molecule has 0 bridgehead atoms. The summed E-state index contributed by atoms with van der Waals surface area (Å²) in [6, 6.07) is 23.7. The fraction of sp³-hybridized carbons (Fsp3) is 0.120. The second-order valence-electron chi connectivity index (χ2n) is 7.41. The first-order valence-corrected chi connectivity index (χ1v) is 11.7. The van der Waals surface area contributed by atoms with Crippen LogP contribution in [0.3, 0.4) is 0 Å². The molecule has 0 saturated carbocycles. The SMILES string of the molecule is COc1ccc(C2CC(c3ccc(Cl)cc3)=NN2c2nc(-c3ccc(Cl)cc3)cs2)cc1. The van der Waals surface area contributed by atoms with E-state index in [9.17, 15) is 0 Å². The highest BCUT2D eigenvalue weighted by Crippen LogP contribution is 2.40. The van der Waals surface area contributed by atoms with Crippen LogP contribution < -0.4 is 9.75 Å². The Hall–Kier alpha value is -2.86. The van der Waals surface area contributed by atoms with Gasteiger partial charge in [0, 0.05) is 27.4 Å². The Balaban J connectivity index is 1.52. The molecule has 0 saturated heterocycles. The van der Waals surface area contributed by atoms with Crippen LogP contribution in [0.15, 0.2) is 83.3 Å². The summed E-state index contributed by atoms with van der Waals surface area (Å²) in [7, 11) is 1.67. The van der Waals surface area contributed by atoms with E-state index in [2.05, 4.69) is 17.5 Å². The molecule has 4 aromatic rings. The Kier molecular flexibility index (Phi) is 5.87. The maximum absolute atomic E-state index is 6.09. The van der Waals surface area contributed by atoms with Crippen molar-refractivity contribution in [3.63, 3.8) is 0 Å². The molecule has 5 rings (SSSR count). The van der Waals surface area contributed by atoms with Crippen molar-refractivity contribution in [1.29, 1.82) is 0 Å². The van der Waals surface area contributed by atoms with Gasteiger partial charge >= 0.3 is 0 Å². The number of anilines is 1. The Morgan fingerprint density at radius 2 is 1.50 bits per heavy atom. The summed E-state index contributed by atoms with van der Waals surface area (Å²) < 4.78 is 5.33. The Labute approximate surface area is 200 Å². The first kappa shape index (κ1) is 21.0. The summed E-state index contributed by atoms with van der Waals surface area (Å²) in [6.45, 7) is 0. The molecule has 32 heavy (non-hydrogen) atoms. The third-order valence-corrected chi connectivity index (χ3v) is 6.75. The van der Waals surface area contributed by atoms with Gasteiger partial charge in [-0.3, -0.25) is 0 Å². The summed E-state index contributed by atoms with van der Waals surface area (Å²) >= 11 is 13.7. The average molecular weight is 480 g/mol. The van der Waals surface area contributed by atoms with Crippen LogP contribution in [0.5, 0.6) is 5.75 Å². The number of rotatable bonds is 5. The van der Waals surface area contributed by atoms with Crippen molar-refractivity contribution in [2.75, 3.05) is 12.1 Å². The minimum atomic E-state index is 0.0378. The first-order valence-electron chi connectivity index (χ1n) is 10.1. The molecular formula is C25H19Cl2N3OS. The Morgan fingerprint density at radius 3 is 2.12 bits per heavy atom. The lowest BCUT2D eigenvalue weighted by atomic mass is 9.98. The van der Waals surface area contributed by atoms with Crippen LogP contribution >= 0.6 is 34.5 Å². The molecule has 3 aromatic carbocycles. The normalized spacial score (nSPS) is 15.7. The molecule has 0 amide bonds. The monoisotopic (exact) mass is 479 g/mol. The predicted molar refractivity (Wildman–Crippen MR) is 133 cm³/mol. The fourth-order valence-electron chi connectivity index (χ4n) is 3.71. The van der Waals surface area contributed by atoms with Crippen molar-refractivity contribution in [2.24, 2.45) is 5.10 Å². The van der Waals surface area contributed by atoms with Crippen LogP contribution in [-0.4, -0.2) is 17.8 Å². The zero-order chi connectivity index (χ0) is 22.1. The second kappa shape index (κ2) is 8.94. The molecular weight excluding hydrogens is 461 g/mol. The molecule has 1 aromatic heterocycles.